The number of aromatic nitrogens is 1. The van der Waals surface area contributed by atoms with E-state index in [1.807, 2.05) is 6.07 Å². The van der Waals surface area contributed by atoms with Crippen LogP contribution in [0.5, 0.6) is 0 Å². The molecule has 1 unspecified atom stereocenters. The van der Waals surface area contributed by atoms with Crippen molar-refractivity contribution < 1.29 is 4.43 Å². The van der Waals surface area contributed by atoms with Crippen LogP contribution in [0.15, 0.2) is 42.6 Å². The molecule has 0 aliphatic carbocycles. The van der Waals surface area contributed by atoms with Crippen LogP contribution in [-0.2, 0) is 11.0 Å². The predicted molar refractivity (Wildman–Crippen MR) is 132 cm³/mol. The Morgan fingerprint density at radius 1 is 1.20 bits per heavy atom. The van der Waals surface area contributed by atoms with Crippen LogP contribution in [0.1, 0.15) is 32.8 Å². The monoisotopic (exact) mass is 458 g/mol. The quantitative estimate of drug-likeness (QED) is 0.377. The molecule has 4 rings (SSSR count). The van der Waals surface area contributed by atoms with Crippen molar-refractivity contribution in [1.82, 2.24) is 9.88 Å². The van der Waals surface area contributed by atoms with Crippen LogP contribution < -0.4 is 0 Å². The van der Waals surface area contributed by atoms with Gasteiger partial charge in [-0.1, -0.05) is 56.6 Å². The van der Waals surface area contributed by atoms with Gasteiger partial charge in [-0.15, -0.1) is 11.3 Å². The average molecular weight is 459 g/mol. The van der Waals surface area contributed by atoms with Gasteiger partial charge in [-0.05, 0) is 47.8 Å². The molecule has 1 aliphatic heterocycles. The molecule has 2 aromatic heterocycles. The summed E-state index contributed by atoms with van der Waals surface area (Å²) in [4.78, 5) is 8.17. The van der Waals surface area contributed by atoms with E-state index >= 15 is 0 Å². The molecule has 0 N–H and O–H groups in total. The normalized spacial score (nSPS) is 18.4. The summed E-state index contributed by atoms with van der Waals surface area (Å²) in [6.45, 7) is 14.8. The topological polar surface area (TPSA) is 25.4 Å². The van der Waals surface area contributed by atoms with Crippen molar-refractivity contribution in [3.05, 3.63) is 53.2 Å². The maximum absolute atomic E-state index is 6.63. The second-order valence-electron chi connectivity index (χ2n) is 9.84. The second kappa shape index (κ2) is 8.36. The Kier molecular flexibility index (Phi) is 6.12. The second-order valence-corrected chi connectivity index (χ2v) is 16.1. The lowest BCUT2D eigenvalue weighted by molar-refractivity contribution is 0.179. The molecule has 160 valence electrons. The fraction of sp³-hybridized carbons (Fsp3) is 0.458. The first-order chi connectivity index (χ1) is 14.1. The number of fused-ring (bicyclic) bond motifs is 1. The van der Waals surface area contributed by atoms with Gasteiger partial charge in [0.1, 0.15) is 0 Å². The van der Waals surface area contributed by atoms with Gasteiger partial charge in [0.2, 0.25) is 0 Å². The molecule has 1 atom stereocenters. The Morgan fingerprint density at radius 2 is 1.93 bits per heavy atom. The van der Waals surface area contributed by atoms with Gasteiger partial charge in [-0.2, -0.15) is 0 Å². The first-order valence-electron chi connectivity index (χ1n) is 10.7. The van der Waals surface area contributed by atoms with E-state index < -0.39 is 8.32 Å². The third kappa shape index (κ3) is 4.65. The number of likely N-dealkylation sites (tertiary alicyclic amines) is 1. The molecular formula is C24H31ClN2OSSi. The zero-order chi connectivity index (χ0) is 21.5. The molecule has 0 bridgehead atoms. The fourth-order valence-electron chi connectivity index (χ4n) is 3.71. The highest BCUT2D eigenvalue weighted by Gasteiger charge is 2.40. The summed E-state index contributed by atoms with van der Waals surface area (Å²) in [7, 11) is -1.69. The van der Waals surface area contributed by atoms with Crippen molar-refractivity contribution in [2.24, 2.45) is 0 Å². The summed E-state index contributed by atoms with van der Waals surface area (Å²) in [5.41, 5.74) is 3.54. The van der Waals surface area contributed by atoms with Gasteiger partial charge in [0.05, 0.1) is 21.3 Å². The maximum Gasteiger partial charge on any atom is 0.192 e. The Hall–Kier alpha value is -1.24. The number of benzene rings is 1. The maximum atomic E-state index is 6.63. The van der Waals surface area contributed by atoms with E-state index in [2.05, 4.69) is 74.1 Å². The highest BCUT2D eigenvalue weighted by molar-refractivity contribution is 7.22. The number of hydrogen-bond acceptors (Lipinski definition) is 4. The minimum Gasteiger partial charge on any atom is -0.413 e. The van der Waals surface area contributed by atoms with Crippen molar-refractivity contribution >= 4 is 41.5 Å². The zero-order valence-corrected chi connectivity index (χ0v) is 21.1. The number of pyridine rings is 1. The van der Waals surface area contributed by atoms with Crippen LogP contribution in [0, 0.1) is 0 Å². The first-order valence-corrected chi connectivity index (χ1v) is 14.8. The van der Waals surface area contributed by atoms with Crippen LogP contribution in [-0.4, -0.2) is 37.4 Å². The van der Waals surface area contributed by atoms with Gasteiger partial charge in [-0.3, -0.25) is 9.88 Å². The smallest absolute Gasteiger partial charge is 0.192 e. The van der Waals surface area contributed by atoms with Crippen molar-refractivity contribution in [3.8, 4) is 10.4 Å². The summed E-state index contributed by atoms with van der Waals surface area (Å²) in [6, 6.07) is 12.9. The minimum atomic E-state index is -1.69. The van der Waals surface area contributed by atoms with Gasteiger partial charge in [0.15, 0.2) is 8.32 Å². The molecule has 1 saturated heterocycles. The van der Waals surface area contributed by atoms with E-state index in [9.17, 15) is 0 Å². The Labute approximate surface area is 190 Å². The molecule has 0 radical (unpaired) electrons. The highest BCUT2D eigenvalue weighted by Crippen LogP contribution is 2.39. The molecule has 6 heteroatoms. The van der Waals surface area contributed by atoms with E-state index in [0.29, 0.717) is 6.10 Å². The zero-order valence-electron chi connectivity index (χ0n) is 18.5. The van der Waals surface area contributed by atoms with Gasteiger partial charge in [0.25, 0.3) is 0 Å². The molecule has 1 aliphatic rings. The third-order valence-electron chi connectivity index (χ3n) is 6.51. The summed E-state index contributed by atoms with van der Waals surface area (Å²) in [5.74, 6) is 0. The lowest BCUT2D eigenvalue weighted by Gasteiger charge is -2.38. The lowest BCUT2D eigenvalue weighted by atomic mass is 10.1. The largest absolute Gasteiger partial charge is 0.413 e. The van der Waals surface area contributed by atoms with Gasteiger partial charge in [0, 0.05) is 30.7 Å². The van der Waals surface area contributed by atoms with Crippen LogP contribution in [0.2, 0.25) is 23.2 Å². The van der Waals surface area contributed by atoms with Gasteiger partial charge >= 0.3 is 0 Å². The van der Waals surface area contributed by atoms with Crippen molar-refractivity contribution in [2.45, 2.75) is 58.0 Å². The molecule has 0 amide bonds. The molecule has 3 nitrogen and oxygen atoms in total. The van der Waals surface area contributed by atoms with Crippen LogP contribution in [0.3, 0.4) is 0 Å². The van der Waals surface area contributed by atoms with Gasteiger partial charge < -0.3 is 4.43 Å². The van der Waals surface area contributed by atoms with E-state index in [-0.39, 0.29) is 5.04 Å². The molecule has 3 aromatic rings. The summed E-state index contributed by atoms with van der Waals surface area (Å²) >= 11 is 8.02. The Bertz CT molecular complexity index is 1030. The fourth-order valence-corrected chi connectivity index (χ4v) is 6.39. The van der Waals surface area contributed by atoms with E-state index in [0.717, 1.165) is 41.3 Å². The van der Waals surface area contributed by atoms with Crippen LogP contribution in [0.4, 0.5) is 0 Å². The summed E-state index contributed by atoms with van der Waals surface area (Å²) < 4.78 is 7.69. The number of thiophene rings is 1. The van der Waals surface area contributed by atoms with Crippen molar-refractivity contribution in [2.75, 3.05) is 13.1 Å². The first kappa shape index (κ1) is 22.0. The van der Waals surface area contributed by atoms with E-state index in [1.165, 1.54) is 16.0 Å². The van der Waals surface area contributed by atoms with Crippen LogP contribution in [0.25, 0.3) is 20.7 Å². The van der Waals surface area contributed by atoms with Crippen LogP contribution >= 0.6 is 22.9 Å². The number of halogens is 1. The predicted octanol–water partition coefficient (Wildman–Crippen LogP) is 7.21. The Morgan fingerprint density at radius 3 is 2.60 bits per heavy atom. The molecule has 0 saturated carbocycles. The van der Waals surface area contributed by atoms with E-state index in [4.69, 9.17) is 16.0 Å². The molecule has 1 aromatic carbocycles. The van der Waals surface area contributed by atoms with Crippen molar-refractivity contribution in [3.63, 3.8) is 0 Å². The average Bonchev–Trinajstić information content (AvgIpc) is 3.29. The van der Waals surface area contributed by atoms with Crippen molar-refractivity contribution in [1.29, 1.82) is 0 Å². The van der Waals surface area contributed by atoms with E-state index in [1.54, 1.807) is 17.5 Å². The molecule has 30 heavy (non-hydrogen) atoms. The Balaban J connectivity index is 1.39. The highest BCUT2D eigenvalue weighted by atomic mass is 35.5. The minimum absolute atomic E-state index is 0.266. The number of hydrogen-bond donors (Lipinski definition) is 0. The molecule has 0 spiro atoms. The summed E-state index contributed by atoms with van der Waals surface area (Å²) in [5, 5.41) is 1.04. The lowest BCUT2D eigenvalue weighted by Crippen LogP contribution is -2.44. The van der Waals surface area contributed by atoms with Gasteiger partial charge in [-0.25, -0.2) is 0 Å². The number of nitrogens with zero attached hydrogens (tertiary/aromatic N) is 2. The molecule has 1 fully saturated rings. The third-order valence-corrected chi connectivity index (χ3v) is 12.7. The number of rotatable bonds is 5. The SMILES string of the molecule is CC(C)(C)[Si](C)(C)OC1CCN(Cc2ccc(-c3cc4nccc(Cl)c4s3)cc2)C1. The standard InChI is InChI=1S/C24H31ClN2OSSi/c1-24(2,3)30(4,5)28-19-11-13-27(16-19)15-17-6-8-18(9-7-17)22-14-21-23(29-22)20(25)10-12-26-21/h6-10,12,14,19H,11,13,15-16H2,1-5H3. The molecular weight excluding hydrogens is 428 g/mol. The summed E-state index contributed by atoms with van der Waals surface area (Å²) in [6.07, 6.45) is 3.28. The molecule has 3 heterocycles.